The van der Waals surface area contributed by atoms with E-state index < -0.39 is 25.6 Å². The molecular formula is C6H2Cl2F2O2S. The Balaban J connectivity index is 3.57. The van der Waals surface area contributed by atoms with Crippen molar-refractivity contribution in [3.8, 4) is 0 Å². The Hall–Kier alpha value is -0.390. The van der Waals surface area contributed by atoms with E-state index in [9.17, 15) is 17.2 Å². The maximum atomic E-state index is 12.8. The van der Waals surface area contributed by atoms with Crippen LogP contribution in [0.5, 0.6) is 0 Å². The van der Waals surface area contributed by atoms with E-state index in [4.69, 9.17) is 22.3 Å². The van der Waals surface area contributed by atoms with Crippen molar-refractivity contribution in [2.75, 3.05) is 0 Å². The van der Waals surface area contributed by atoms with Gasteiger partial charge in [-0.3, -0.25) is 0 Å². The van der Waals surface area contributed by atoms with Gasteiger partial charge < -0.3 is 0 Å². The number of halogens is 4. The molecule has 2 nitrogen and oxygen atoms in total. The van der Waals surface area contributed by atoms with Crippen LogP contribution in [-0.2, 0) is 9.05 Å². The molecule has 13 heavy (non-hydrogen) atoms. The van der Waals surface area contributed by atoms with Gasteiger partial charge in [0, 0.05) is 15.7 Å². The summed E-state index contributed by atoms with van der Waals surface area (Å²) in [5.74, 6) is -2.61. The average Bonchev–Trinajstić information content (AvgIpc) is 1.78. The largest absolute Gasteiger partial charge is 0.267 e. The topological polar surface area (TPSA) is 34.1 Å². The molecule has 0 spiro atoms. The normalized spacial score (nSPS) is 11.7. The zero-order valence-corrected chi connectivity index (χ0v) is 8.22. The highest BCUT2D eigenvalue weighted by Crippen LogP contribution is 2.25. The van der Waals surface area contributed by atoms with Gasteiger partial charge in [0.15, 0.2) is 4.90 Å². The molecule has 72 valence electrons. The molecule has 1 aromatic rings. The van der Waals surface area contributed by atoms with Crippen molar-refractivity contribution in [2.24, 2.45) is 0 Å². The Morgan fingerprint density at radius 2 is 1.54 bits per heavy atom. The van der Waals surface area contributed by atoms with Gasteiger partial charge in [0.1, 0.15) is 11.6 Å². The van der Waals surface area contributed by atoms with Crippen LogP contribution in [0.1, 0.15) is 0 Å². The van der Waals surface area contributed by atoms with E-state index in [0.717, 1.165) is 0 Å². The third kappa shape index (κ3) is 2.30. The molecule has 0 heterocycles. The molecule has 0 saturated heterocycles. The minimum absolute atomic E-state index is 0.237. The van der Waals surface area contributed by atoms with Gasteiger partial charge in [0.05, 0.1) is 0 Å². The lowest BCUT2D eigenvalue weighted by molar-refractivity contribution is 0.524. The molecule has 0 aliphatic carbocycles. The number of rotatable bonds is 1. The molecule has 0 aromatic heterocycles. The summed E-state index contributed by atoms with van der Waals surface area (Å²) >= 11 is 5.25. The van der Waals surface area contributed by atoms with Gasteiger partial charge in [0.25, 0.3) is 9.05 Å². The fourth-order valence-electron chi connectivity index (χ4n) is 0.762. The monoisotopic (exact) mass is 246 g/mol. The van der Waals surface area contributed by atoms with Crippen LogP contribution in [0.25, 0.3) is 0 Å². The van der Waals surface area contributed by atoms with E-state index in [1.165, 1.54) is 0 Å². The maximum Gasteiger partial charge on any atom is 0.267 e. The third-order valence-electron chi connectivity index (χ3n) is 1.21. The Labute approximate surface area is 82.5 Å². The van der Waals surface area contributed by atoms with Crippen molar-refractivity contribution in [3.05, 3.63) is 28.8 Å². The first-order valence-corrected chi connectivity index (χ1v) is 5.60. The molecule has 7 heteroatoms. The lowest BCUT2D eigenvalue weighted by atomic mass is 10.3. The summed E-state index contributed by atoms with van der Waals surface area (Å²) in [6.45, 7) is 0. The number of hydrogen-bond acceptors (Lipinski definition) is 2. The van der Waals surface area contributed by atoms with Crippen LogP contribution in [0.2, 0.25) is 5.02 Å². The minimum atomic E-state index is -4.42. The molecule has 0 bridgehead atoms. The van der Waals surface area contributed by atoms with Crippen molar-refractivity contribution in [1.82, 2.24) is 0 Å². The lowest BCUT2D eigenvalue weighted by Gasteiger charge is -2.00. The smallest absolute Gasteiger partial charge is 0.207 e. The fraction of sp³-hybridized carbons (Fsp3) is 0. The molecule has 0 atom stereocenters. The van der Waals surface area contributed by atoms with Crippen molar-refractivity contribution in [3.63, 3.8) is 0 Å². The summed E-state index contributed by atoms with van der Waals surface area (Å²) in [4.78, 5) is -1.18. The second kappa shape index (κ2) is 3.40. The van der Waals surface area contributed by atoms with Gasteiger partial charge in [-0.25, -0.2) is 17.2 Å². The number of benzene rings is 1. The van der Waals surface area contributed by atoms with E-state index in [-0.39, 0.29) is 5.02 Å². The highest BCUT2D eigenvalue weighted by Gasteiger charge is 2.22. The van der Waals surface area contributed by atoms with Crippen molar-refractivity contribution in [1.29, 1.82) is 0 Å². The quantitative estimate of drug-likeness (QED) is 0.714. The fourth-order valence-corrected chi connectivity index (χ4v) is 1.98. The summed E-state index contributed by atoms with van der Waals surface area (Å²) in [5.41, 5.74) is 0. The van der Waals surface area contributed by atoms with E-state index >= 15 is 0 Å². The molecule has 1 aromatic carbocycles. The predicted molar refractivity (Wildman–Crippen MR) is 44.4 cm³/mol. The molecule has 0 saturated carbocycles. The molecule has 0 unspecified atom stereocenters. The van der Waals surface area contributed by atoms with Crippen LogP contribution >= 0.6 is 22.3 Å². The van der Waals surface area contributed by atoms with Crippen molar-refractivity contribution < 1.29 is 17.2 Å². The first kappa shape index (κ1) is 10.7. The maximum absolute atomic E-state index is 12.8. The van der Waals surface area contributed by atoms with E-state index in [1.54, 1.807) is 0 Å². The van der Waals surface area contributed by atoms with Gasteiger partial charge in [-0.2, -0.15) is 0 Å². The molecule has 0 aliphatic rings. The van der Waals surface area contributed by atoms with E-state index in [2.05, 4.69) is 0 Å². The third-order valence-corrected chi connectivity index (χ3v) is 2.77. The van der Waals surface area contributed by atoms with Crippen LogP contribution in [0.3, 0.4) is 0 Å². The van der Waals surface area contributed by atoms with Crippen LogP contribution in [-0.4, -0.2) is 8.42 Å². The zero-order chi connectivity index (χ0) is 10.2. The van der Waals surface area contributed by atoms with Gasteiger partial charge in [-0.15, -0.1) is 0 Å². The standard InChI is InChI=1S/C6H2Cl2F2O2S/c7-3-1-4(9)6(5(10)2-3)13(8,11)12/h1-2H. The van der Waals surface area contributed by atoms with Crippen LogP contribution in [0, 0.1) is 11.6 Å². The summed E-state index contributed by atoms with van der Waals surface area (Å²) in [6.07, 6.45) is 0. The minimum Gasteiger partial charge on any atom is -0.207 e. The molecule has 0 fully saturated rings. The Morgan fingerprint density at radius 3 is 1.85 bits per heavy atom. The van der Waals surface area contributed by atoms with Crippen molar-refractivity contribution >= 4 is 31.3 Å². The SMILES string of the molecule is O=S(=O)(Cl)c1c(F)cc(Cl)cc1F. The molecule has 0 amide bonds. The lowest BCUT2D eigenvalue weighted by Crippen LogP contribution is -1.99. The molecule has 0 radical (unpaired) electrons. The average molecular weight is 247 g/mol. The van der Waals surface area contributed by atoms with Crippen molar-refractivity contribution in [2.45, 2.75) is 4.90 Å². The highest BCUT2D eigenvalue weighted by atomic mass is 35.7. The molecule has 1 rings (SSSR count). The Morgan fingerprint density at radius 1 is 1.15 bits per heavy atom. The molecular weight excluding hydrogens is 245 g/mol. The van der Waals surface area contributed by atoms with Gasteiger partial charge >= 0.3 is 0 Å². The summed E-state index contributed by atoms with van der Waals surface area (Å²) in [6, 6.07) is 1.33. The molecule has 0 N–H and O–H groups in total. The van der Waals surface area contributed by atoms with E-state index in [1.807, 2.05) is 0 Å². The van der Waals surface area contributed by atoms with Crippen LogP contribution < -0.4 is 0 Å². The first-order valence-electron chi connectivity index (χ1n) is 2.91. The zero-order valence-electron chi connectivity index (χ0n) is 5.89. The Bertz CT molecular complexity index is 421. The summed E-state index contributed by atoms with van der Waals surface area (Å²) in [7, 11) is 0.353. The second-order valence-corrected chi connectivity index (χ2v) is 5.08. The Kier molecular flexibility index (Phi) is 2.79. The second-order valence-electron chi connectivity index (χ2n) is 2.14. The van der Waals surface area contributed by atoms with Gasteiger partial charge in [-0.1, -0.05) is 11.6 Å². The van der Waals surface area contributed by atoms with Crippen LogP contribution in [0.15, 0.2) is 17.0 Å². The first-order chi connectivity index (χ1) is 5.82. The summed E-state index contributed by atoms with van der Waals surface area (Å²) < 4.78 is 46.9. The molecule has 0 aliphatic heterocycles. The van der Waals surface area contributed by atoms with Gasteiger partial charge in [-0.05, 0) is 12.1 Å². The predicted octanol–water partition coefficient (Wildman–Crippen LogP) is 2.55. The van der Waals surface area contributed by atoms with Gasteiger partial charge in [0.2, 0.25) is 0 Å². The highest BCUT2D eigenvalue weighted by molar-refractivity contribution is 8.13. The van der Waals surface area contributed by atoms with E-state index in [0.29, 0.717) is 12.1 Å². The summed E-state index contributed by atoms with van der Waals surface area (Å²) in [5, 5.41) is -0.237. The number of hydrogen-bond donors (Lipinski definition) is 0. The van der Waals surface area contributed by atoms with Crippen LogP contribution in [0.4, 0.5) is 8.78 Å².